The normalized spacial score (nSPS) is 29.6. The maximum Gasteiger partial charge on any atom is 0.308 e. The van der Waals surface area contributed by atoms with E-state index in [-0.39, 0.29) is 11.7 Å². The van der Waals surface area contributed by atoms with E-state index in [1.807, 2.05) is 0 Å². The zero-order valence-corrected chi connectivity index (χ0v) is 18.8. The van der Waals surface area contributed by atoms with Gasteiger partial charge in [0, 0.05) is 0 Å². The molecule has 0 bridgehead atoms. The molecule has 4 heteroatoms. The minimum absolute atomic E-state index is 0.323. The molecule has 0 saturated carbocycles. The van der Waals surface area contributed by atoms with Crippen LogP contribution in [0.25, 0.3) is 0 Å². The Morgan fingerprint density at radius 2 is 2.07 bits per heavy atom. The molecule has 1 N–H and O–H groups in total. The van der Waals surface area contributed by atoms with Crippen LogP contribution in [0.5, 0.6) is 0 Å². The number of hydrogen-bond donors (Lipinski definition) is 1. The Morgan fingerprint density at radius 3 is 2.64 bits per heavy atom. The van der Waals surface area contributed by atoms with Crippen LogP contribution in [0.4, 0.5) is 0 Å². The second-order valence-corrected chi connectivity index (χ2v) is 9.82. The van der Waals surface area contributed by atoms with Gasteiger partial charge >= 0.3 is 5.97 Å². The van der Waals surface area contributed by atoms with Crippen molar-refractivity contribution in [2.75, 3.05) is 13.2 Å². The SMILES string of the molecule is CC(=CCC[C@@]1(C)CO[C@@H]([C@@H](C)C(=O)O)CO1)CCC1=C(C)CCCC1(C)C. The summed E-state index contributed by atoms with van der Waals surface area (Å²) in [6.07, 6.45) is 10.0. The predicted molar refractivity (Wildman–Crippen MR) is 113 cm³/mol. The number of rotatable bonds is 8. The van der Waals surface area contributed by atoms with Gasteiger partial charge in [0.15, 0.2) is 0 Å². The van der Waals surface area contributed by atoms with Crippen molar-refractivity contribution >= 4 is 5.97 Å². The molecule has 0 aromatic heterocycles. The van der Waals surface area contributed by atoms with Crippen LogP contribution < -0.4 is 0 Å². The van der Waals surface area contributed by atoms with Gasteiger partial charge in [0.25, 0.3) is 0 Å². The largest absolute Gasteiger partial charge is 0.481 e. The summed E-state index contributed by atoms with van der Waals surface area (Å²) in [5, 5.41) is 9.11. The molecule has 3 atom stereocenters. The molecule has 4 nitrogen and oxygen atoms in total. The van der Waals surface area contributed by atoms with Gasteiger partial charge in [0.2, 0.25) is 0 Å². The Labute approximate surface area is 171 Å². The molecule has 1 aliphatic carbocycles. The zero-order chi connectivity index (χ0) is 20.9. The summed E-state index contributed by atoms with van der Waals surface area (Å²) in [4.78, 5) is 11.1. The van der Waals surface area contributed by atoms with Crippen molar-refractivity contribution in [2.45, 2.75) is 98.2 Å². The number of hydrogen-bond acceptors (Lipinski definition) is 3. The molecule has 0 spiro atoms. The number of carboxylic acid groups (broad SMARTS) is 1. The number of carboxylic acids is 1. The lowest BCUT2D eigenvalue weighted by Crippen LogP contribution is -2.47. The Bertz CT molecular complexity index is 606. The Balaban J connectivity index is 1.79. The van der Waals surface area contributed by atoms with E-state index in [0.29, 0.717) is 18.6 Å². The van der Waals surface area contributed by atoms with Crippen LogP contribution in [0, 0.1) is 11.3 Å². The van der Waals surface area contributed by atoms with Gasteiger partial charge in [0.05, 0.1) is 30.8 Å². The predicted octanol–water partition coefficient (Wildman–Crippen LogP) is 5.91. The van der Waals surface area contributed by atoms with Crippen LogP contribution >= 0.6 is 0 Å². The van der Waals surface area contributed by atoms with E-state index in [2.05, 4.69) is 40.7 Å². The van der Waals surface area contributed by atoms with Gasteiger partial charge in [-0.15, -0.1) is 0 Å². The first kappa shape index (κ1) is 23.2. The van der Waals surface area contributed by atoms with Crippen molar-refractivity contribution in [1.29, 1.82) is 0 Å². The van der Waals surface area contributed by atoms with Crippen molar-refractivity contribution in [3.05, 3.63) is 22.8 Å². The van der Waals surface area contributed by atoms with Gasteiger partial charge in [0.1, 0.15) is 0 Å². The van der Waals surface area contributed by atoms with Crippen LogP contribution in [0.1, 0.15) is 86.5 Å². The minimum Gasteiger partial charge on any atom is -0.481 e. The molecule has 0 aromatic rings. The molecule has 0 unspecified atom stereocenters. The Hall–Kier alpha value is -1.13. The summed E-state index contributed by atoms with van der Waals surface area (Å²) in [5.74, 6) is -1.37. The van der Waals surface area contributed by atoms with Crippen molar-refractivity contribution in [1.82, 2.24) is 0 Å². The molecule has 28 heavy (non-hydrogen) atoms. The molecular formula is C24H40O4. The first-order valence-electron chi connectivity index (χ1n) is 10.9. The lowest BCUT2D eigenvalue weighted by molar-refractivity contribution is -0.201. The van der Waals surface area contributed by atoms with Crippen molar-refractivity contribution in [3.63, 3.8) is 0 Å². The fraction of sp³-hybridized carbons (Fsp3) is 0.792. The maximum atomic E-state index is 11.1. The van der Waals surface area contributed by atoms with Crippen LogP contribution in [-0.2, 0) is 14.3 Å². The van der Waals surface area contributed by atoms with E-state index < -0.39 is 11.9 Å². The van der Waals surface area contributed by atoms with Crippen LogP contribution in [-0.4, -0.2) is 36.0 Å². The summed E-state index contributed by atoms with van der Waals surface area (Å²) < 4.78 is 11.8. The molecule has 1 heterocycles. The highest BCUT2D eigenvalue weighted by atomic mass is 16.6. The van der Waals surface area contributed by atoms with Gasteiger partial charge in [-0.2, -0.15) is 0 Å². The smallest absolute Gasteiger partial charge is 0.308 e. The minimum atomic E-state index is -0.831. The lowest BCUT2D eigenvalue weighted by atomic mass is 9.71. The standard InChI is InChI=1S/C24H40O4/c1-17(11-12-20-18(2)10-8-13-23(20,4)5)9-7-14-24(6)16-27-21(15-28-24)19(3)22(25)26/h9,19,21H,7-8,10-16H2,1-6H3,(H,25,26)/t19-,21-,24+/m1/s1. The molecule has 1 fully saturated rings. The van der Waals surface area contributed by atoms with E-state index in [9.17, 15) is 4.79 Å². The fourth-order valence-corrected chi connectivity index (χ4v) is 4.52. The van der Waals surface area contributed by atoms with Crippen molar-refractivity contribution < 1.29 is 19.4 Å². The topological polar surface area (TPSA) is 55.8 Å². The molecule has 2 aliphatic rings. The van der Waals surface area contributed by atoms with Gasteiger partial charge < -0.3 is 14.6 Å². The molecule has 2 rings (SSSR count). The van der Waals surface area contributed by atoms with Gasteiger partial charge in [-0.3, -0.25) is 4.79 Å². The van der Waals surface area contributed by atoms with Crippen LogP contribution in [0.3, 0.4) is 0 Å². The third-order valence-electron chi connectivity index (χ3n) is 6.77. The summed E-state index contributed by atoms with van der Waals surface area (Å²) in [7, 11) is 0. The molecular weight excluding hydrogens is 352 g/mol. The van der Waals surface area contributed by atoms with Crippen molar-refractivity contribution in [2.24, 2.45) is 11.3 Å². The van der Waals surface area contributed by atoms with Crippen LogP contribution in [0.15, 0.2) is 22.8 Å². The molecule has 1 saturated heterocycles. The quantitative estimate of drug-likeness (QED) is 0.521. The van der Waals surface area contributed by atoms with E-state index in [1.165, 1.54) is 31.3 Å². The Kier molecular flexibility index (Phi) is 7.92. The maximum absolute atomic E-state index is 11.1. The highest BCUT2D eigenvalue weighted by Crippen LogP contribution is 2.42. The summed E-state index contributed by atoms with van der Waals surface area (Å²) >= 11 is 0. The second kappa shape index (κ2) is 9.58. The van der Waals surface area contributed by atoms with Gasteiger partial charge in [-0.1, -0.05) is 36.6 Å². The molecule has 0 amide bonds. The van der Waals surface area contributed by atoms with Crippen LogP contribution in [0.2, 0.25) is 0 Å². The van der Waals surface area contributed by atoms with E-state index in [1.54, 1.807) is 18.1 Å². The van der Waals surface area contributed by atoms with E-state index in [4.69, 9.17) is 14.6 Å². The third kappa shape index (κ3) is 6.18. The van der Waals surface area contributed by atoms with E-state index in [0.717, 1.165) is 19.3 Å². The molecule has 0 aromatic carbocycles. The van der Waals surface area contributed by atoms with E-state index >= 15 is 0 Å². The molecule has 160 valence electrons. The second-order valence-electron chi connectivity index (χ2n) is 9.82. The summed E-state index contributed by atoms with van der Waals surface area (Å²) in [6.45, 7) is 13.9. The monoisotopic (exact) mass is 392 g/mol. The first-order valence-corrected chi connectivity index (χ1v) is 10.9. The highest BCUT2D eigenvalue weighted by molar-refractivity contribution is 5.70. The number of carbonyl (C=O) groups is 1. The average Bonchev–Trinajstić information content (AvgIpc) is 2.60. The van der Waals surface area contributed by atoms with Gasteiger partial charge in [-0.05, 0) is 78.1 Å². The average molecular weight is 393 g/mol. The van der Waals surface area contributed by atoms with Crippen molar-refractivity contribution in [3.8, 4) is 0 Å². The zero-order valence-electron chi connectivity index (χ0n) is 18.8. The highest BCUT2D eigenvalue weighted by Gasteiger charge is 2.36. The number of ether oxygens (including phenoxy) is 2. The summed E-state index contributed by atoms with van der Waals surface area (Å²) in [6, 6.07) is 0. The number of allylic oxidation sites excluding steroid dienone is 4. The first-order chi connectivity index (χ1) is 13.0. The fourth-order valence-electron chi connectivity index (χ4n) is 4.52. The molecule has 1 aliphatic heterocycles. The Morgan fingerprint density at radius 1 is 1.36 bits per heavy atom. The molecule has 0 radical (unpaired) electrons. The lowest BCUT2D eigenvalue weighted by Gasteiger charge is -2.38. The number of aliphatic carboxylic acids is 1. The third-order valence-corrected chi connectivity index (χ3v) is 6.77. The van der Waals surface area contributed by atoms with Gasteiger partial charge in [-0.25, -0.2) is 0 Å². The summed E-state index contributed by atoms with van der Waals surface area (Å²) in [5.41, 5.74) is 4.75.